The highest BCUT2D eigenvalue weighted by Crippen LogP contribution is 2.16. The Morgan fingerprint density at radius 1 is 1.59 bits per heavy atom. The fourth-order valence-electron chi connectivity index (χ4n) is 1.86. The van der Waals surface area contributed by atoms with Crippen molar-refractivity contribution in [1.82, 2.24) is 20.1 Å². The number of thiophene rings is 1. The van der Waals surface area contributed by atoms with Crippen LogP contribution in [0.5, 0.6) is 0 Å². The molecule has 1 N–H and O–H groups in total. The summed E-state index contributed by atoms with van der Waals surface area (Å²) in [5, 5.41) is 18.2. The van der Waals surface area contributed by atoms with Gasteiger partial charge in [0.25, 0.3) is 0 Å². The molecule has 2 aromatic rings. The minimum Gasteiger partial charge on any atom is -0.341 e. The average Bonchev–Trinajstić information content (AvgIpc) is 3.18. The van der Waals surface area contributed by atoms with Gasteiger partial charge in [0.15, 0.2) is 0 Å². The lowest BCUT2D eigenvalue weighted by Gasteiger charge is -2.18. The molecule has 0 bridgehead atoms. The first-order valence-electron chi connectivity index (χ1n) is 6.94. The third-order valence-electron chi connectivity index (χ3n) is 2.99. The number of hydrogen-bond donors (Lipinski definition) is 1. The second-order valence-electron chi connectivity index (χ2n) is 4.49. The number of amides is 1. The Hall–Kier alpha value is -1.85. The summed E-state index contributed by atoms with van der Waals surface area (Å²) in [7, 11) is 0. The van der Waals surface area contributed by atoms with E-state index in [1.165, 1.54) is 16.6 Å². The van der Waals surface area contributed by atoms with E-state index in [9.17, 15) is 4.79 Å². The van der Waals surface area contributed by atoms with E-state index in [0.29, 0.717) is 24.7 Å². The van der Waals surface area contributed by atoms with E-state index in [4.69, 9.17) is 5.26 Å². The van der Waals surface area contributed by atoms with Crippen LogP contribution in [-0.2, 0) is 11.2 Å². The molecule has 0 aromatic carbocycles. The summed E-state index contributed by atoms with van der Waals surface area (Å²) in [4.78, 5) is 19.3. The molecule has 6 nitrogen and oxygen atoms in total. The number of thioether (sulfide) groups is 1. The highest BCUT2D eigenvalue weighted by molar-refractivity contribution is 7.99. The van der Waals surface area contributed by atoms with Gasteiger partial charge in [-0.1, -0.05) is 17.8 Å². The quantitative estimate of drug-likeness (QED) is 0.748. The predicted octanol–water partition coefficient (Wildman–Crippen LogP) is 2.31. The summed E-state index contributed by atoms with van der Waals surface area (Å²) < 4.78 is 0. The lowest BCUT2D eigenvalue weighted by Crippen LogP contribution is -2.33. The van der Waals surface area contributed by atoms with Crippen molar-refractivity contribution in [2.45, 2.75) is 24.9 Å². The first-order valence-corrected chi connectivity index (χ1v) is 8.80. The molecule has 0 aliphatic heterocycles. The lowest BCUT2D eigenvalue weighted by atomic mass is 10.3. The number of nitriles is 1. The van der Waals surface area contributed by atoms with E-state index in [2.05, 4.69) is 27.3 Å². The maximum atomic E-state index is 12.0. The van der Waals surface area contributed by atoms with Gasteiger partial charge in [-0.3, -0.25) is 9.89 Å². The minimum absolute atomic E-state index is 0.00681. The zero-order valence-electron chi connectivity index (χ0n) is 12.3. The molecule has 8 heteroatoms. The van der Waals surface area contributed by atoms with Crippen molar-refractivity contribution in [3.8, 4) is 6.07 Å². The van der Waals surface area contributed by atoms with Gasteiger partial charge in [0.1, 0.15) is 5.82 Å². The van der Waals surface area contributed by atoms with Gasteiger partial charge < -0.3 is 4.90 Å². The van der Waals surface area contributed by atoms with E-state index in [-0.39, 0.29) is 11.7 Å². The number of carbonyl (C=O) groups is 1. The third-order valence-corrected chi connectivity index (χ3v) is 4.69. The van der Waals surface area contributed by atoms with Gasteiger partial charge in [-0.25, -0.2) is 4.98 Å². The Labute approximate surface area is 137 Å². The van der Waals surface area contributed by atoms with Gasteiger partial charge in [-0.2, -0.15) is 5.26 Å². The molecule has 0 saturated carbocycles. The molecule has 116 valence electrons. The third kappa shape index (κ3) is 4.86. The SMILES string of the molecule is CCN(CCC#N)C(=O)CSc1n[nH]c(Cc2cccs2)n1. The van der Waals surface area contributed by atoms with E-state index < -0.39 is 0 Å². The summed E-state index contributed by atoms with van der Waals surface area (Å²) in [5.74, 6) is 1.09. The number of carbonyl (C=O) groups excluding carboxylic acids is 1. The maximum Gasteiger partial charge on any atom is 0.233 e. The molecule has 0 aliphatic carbocycles. The first-order chi connectivity index (χ1) is 10.7. The van der Waals surface area contributed by atoms with Crippen LogP contribution in [0.3, 0.4) is 0 Å². The van der Waals surface area contributed by atoms with Gasteiger partial charge in [-0.15, -0.1) is 16.4 Å². The maximum absolute atomic E-state index is 12.0. The minimum atomic E-state index is 0.00681. The van der Waals surface area contributed by atoms with Gasteiger partial charge in [-0.05, 0) is 18.4 Å². The van der Waals surface area contributed by atoms with Crippen LogP contribution in [0.2, 0.25) is 0 Å². The highest BCUT2D eigenvalue weighted by atomic mass is 32.2. The highest BCUT2D eigenvalue weighted by Gasteiger charge is 2.13. The van der Waals surface area contributed by atoms with E-state index in [1.807, 2.05) is 18.4 Å². The van der Waals surface area contributed by atoms with Gasteiger partial charge in [0, 0.05) is 24.4 Å². The largest absolute Gasteiger partial charge is 0.341 e. The Bertz CT molecular complexity index is 632. The number of H-pyrrole nitrogens is 1. The molecule has 0 aliphatic rings. The molecule has 2 aromatic heterocycles. The molecule has 0 fully saturated rings. The van der Waals surface area contributed by atoms with Crippen LogP contribution in [0, 0.1) is 11.3 Å². The molecule has 22 heavy (non-hydrogen) atoms. The topological polar surface area (TPSA) is 85.7 Å². The van der Waals surface area contributed by atoms with Crippen molar-refractivity contribution in [1.29, 1.82) is 5.26 Å². The van der Waals surface area contributed by atoms with E-state index >= 15 is 0 Å². The van der Waals surface area contributed by atoms with Crippen molar-refractivity contribution in [2.24, 2.45) is 0 Å². The Morgan fingerprint density at radius 3 is 3.14 bits per heavy atom. The zero-order chi connectivity index (χ0) is 15.8. The molecule has 0 spiro atoms. The lowest BCUT2D eigenvalue weighted by molar-refractivity contribution is -0.128. The van der Waals surface area contributed by atoms with Gasteiger partial charge in [0.05, 0.1) is 18.2 Å². The van der Waals surface area contributed by atoms with E-state index in [0.717, 1.165) is 12.2 Å². The van der Waals surface area contributed by atoms with Crippen LogP contribution in [0.25, 0.3) is 0 Å². The van der Waals surface area contributed by atoms with Gasteiger partial charge in [0.2, 0.25) is 11.1 Å². The van der Waals surface area contributed by atoms with Crippen LogP contribution in [-0.4, -0.2) is 44.8 Å². The van der Waals surface area contributed by atoms with Crippen molar-refractivity contribution in [3.05, 3.63) is 28.2 Å². The number of aromatic amines is 1. The number of nitrogens with zero attached hydrogens (tertiary/aromatic N) is 4. The van der Waals surface area contributed by atoms with Crippen LogP contribution in [0.15, 0.2) is 22.7 Å². The molecule has 2 rings (SSSR count). The fourth-order valence-corrected chi connectivity index (χ4v) is 3.29. The summed E-state index contributed by atoms with van der Waals surface area (Å²) in [6, 6.07) is 6.11. The molecule has 0 saturated heterocycles. The smallest absolute Gasteiger partial charge is 0.233 e. The number of hydrogen-bond acceptors (Lipinski definition) is 6. The second kappa shape index (κ2) is 8.56. The Kier molecular flexibility index (Phi) is 6.43. The van der Waals surface area contributed by atoms with Crippen molar-refractivity contribution in [2.75, 3.05) is 18.8 Å². The zero-order valence-corrected chi connectivity index (χ0v) is 13.9. The molecular weight excluding hydrogens is 318 g/mol. The molecular formula is C14H17N5OS2. The number of rotatable bonds is 8. The normalized spacial score (nSPS) is 10.4. The predicted molar refractivity (Wildman–Crippen MR) is 86.7 cm³/mol. The summed E-state index contributed by atoms with van der Waals surface area (Å²) >= 11 is 2.99. The Morgan fingerprint density at radius 2 is 2.45 bits per heavy atom. The fraction of sp³-hybridized carbons (Fsp3) is 0.429. The Balaban J connectivity index is 1.82. The molecule has 1 amide bonds. The molecule has 0 radical (unpaired) electrons. The van der Waals surface area contributed by atoms with Crippen LogP contribution < -0.4 is 0 Å². The van der Waals surface area contributed by atoms with Crippen molar-refractivity contribution in [3.63, 3.8) is 0 Å². The van der Waals surface area contributed by atoms with Crippen LogP contribution in [0.1, 0.15) is 24.0 Å². The number of aromatic nitrogens is 3. The monoisotopic (exact) mass is 335 g/mol. The molecule has 2 heterocycles. The first kappa shape index (κ1) is 16.5. The molecule has 0 unspecified atom stereocenters. The van der Waals surface area contributed by atoms with Gasteiger partial charge >= 0.3 is 0 Å². The van der Waals surface area contributed by atoms with Crippen LogP contribution >= 0.6 is 23.1 Å². The second-order valence-corrected chi connectivity index (χ2v) is 6.47. The summed E-state index contributed by atoms with van der Waals surface area (Å²) in [5.41, 5.74) is 0. The summed E-state index contributed by atoms with van der Waals surface area (Å²) in [6.45, 7) is 2.99. The standard InChI is InChI=1S/C14H17N5OS2/c1-2-19(7-4-6-15)13(20)10-22-14-16-12(17-18-14)9-11-5-3-8-21-11/h3,5,8H,2,4,7,9-10H2,1H3,(H,16,17,18). The van der Waals surface area contributed by atoms with Crippen molar-refractivity contribution >= 4 is 29.0 Å². The van der Waals surface area contributed by atoms with Crippen molar-refractivity contribution < 1.29 is 4.79 Å². The number of nitrogens with one attached hydrogen (secondary N) is 1. The van der Waals surface area contributed by atoms with Crippen LogP contribution in [0.4, 0.5) is 0 Å². The average molecular weight is 335 g/mol. The van der Waals surface area contributed by atoms with E-state index in [1.54, 1.807) is 16.2 Å². The summed E-state index contributed by atoms with van der Waals surface area (Å²) in [6.07, 6.45) is 1.08. The molecule has 0 atom stereocenters.